The lowest BCUT2D eigenvalue weighted by Crippen LogP contribution is -2.51. The largest absolute Gasteiger partial charge is 0.353 e. The Labute approximate surface area is 228 Å². The Morgan fingerprint density at radius 3 is 2.50 bits per heavy atom. The van der Waals surface area contributed by atoms with Gasteiger partial charge < -0.3 is 15.5 Å². The summed E-state index contributed by atoms with van der Waals surface area (Å²) in [5.41, 5.74) is 10.1. The van der Waals surface area contributed by atoms with Crippen molar-refractivity contribution in [2.75, 3.05) is 31.1 Å². The third-order valence-electron chi connectivity index (χ3n) is 7.06. The zero-order valence-electron chi connectivity index (χ0n) is 21.6. The Morgan fingerprint density at radius 1 is 1.02 bits per heavy atom. The van der Waals surface area contributed by atoms with Crippen LogP contribution in [0.4, 0.5) is 10.2 Å². The van der Waals surface area contributed by atoms with E-state index in [9.17, 15) is 14.4 Å². The topological polar surface area (TPSA) is 134 Å². The van der Waals surface area contributed by atoms with Gasteiger partial charge in [0.25, 0.3) is 0 Å². The molecule has 6 rings (SSSR count). The molecule has 1 amide bonds. The number of carbonyl (C=O) groups is 1. The molecule has 0 aliphatic carbocycles. The number of halogens is 1. The molecule has 0 bridgehead atoms. The van der Waals surface area contributed by atoms with Crippen LogP contribution in [-0.4, -0.2) is 66.3 Å². The Kier molecular flexibility index (Phi) is 6.41. The van der Waals surface area contributed by atoms with Crippen molar-refractivity contribution in [2.45, 2.75) is 6.04 Å². The van der Waals surface area contributed by atoms with Crippen LogP contribution in [0.1, 0.15) is 17.2 Å². The minimum atomic E-state index is -1.04. The van der Waals surface area contributed by atoms with Gasteiger partial charge in [0.05, 0.1) is 30.0 Å². The Balaban J connectivity index is 1.21. The molecule has 5 heterocycles. The molecule has 0 radical (unpaired) electrons. The molecule has 0 saturated carbocycles. The van der Waals surface area contributed by atoms with E-state index in [0.29, 0.717) is 48.6 Å². The maximum absolute atomic E-state index is 14.1. The van der Waals surface area contributed by atoms with E-state index in [1.807, 2.05) is 25.4 Å². The molecule has 200 valence electrons. The first kappa shape index (κ1) is 25.1. The molecule has 1 atom stereocenters. The van der Waals surface area contributed by atoms with Crippen molar-refractivity contribution in [3.8, 4) is 28.6 Å². The molecule has 1 aliphatic heterocycles. The second-order valence-electron chi connectivity index (χ2n) is 9.56. The van der Waals surface area contributed by atoms with Gasteiger partial charge in [0, 0.05) is 62.3 Å². The lowest BCUT2D eigenvalue weighted by molar-refractivity contribution is -0.133. The SMILES string of the molecule is Cn1cc(-c2cn3ncc(C#N)c3c(-c3ccc(N4CCN(C(=O)C(N)c5ccccc5F)CC4)nc3)n2)cn1. The van der Waals surface area contributed by atoms with Gasteiger partial charge in [0.2, 0.25) is 5.91 Å². The highest BCUT2D eigenvalue weighted by Gasteiger charge is 2.28. The predicted molar refractivity (Wildman–Crippen MR) is 145 cm³/mol. The third kappa shape index (κ3) is 4.52. The van der Waals surface area contributed by atoms with Gasteiger partial charge in [-0.3, -0.25) is 9.48 Å². The number of nitrogens with zero attached hydrogens (tertiary/aromatic N) is 9. The van der Waals surface area contributed by atoms with Crippen LogP contribution in [0.3, 0.4) is 0 Å². The summed E-state index contributed by atoms with van der Waals surface area (Å²) in [4.78, 5) is 26.2. The van der Waals surface area contributed by atoms with E-state index >= 15 is 0 Å². The van der Waals surface area contributed by atoms with Gasteiger partial charge in [0.1, 0.15) is 34.8 Å². The molecule has 0 spiro atoms. The van der Waals surface area contributed by atoms with Crippen LogP contribution < -0.4 is 10.6 Å². The average Bonchev–Trinajstić information content (AvgIpc) is 3.62. The summed E-state index contributed by atoms with van der Waals surface area (Å²) in [6.45, 7) is 2.01. The zero-order chi connectivity index (χ0) is 27.8. The summed E-state index contributed by atoms with van der Waals surface area (Å²) >= 11 is 0. The number of fused-ring (bicyclic) bond motifs is 1. The van der Waals surface area contributed by atoms with Crippen molar-refractivity contribution in [3.05, 3.63) is 84.3 Å². The smallest absolute Gasteiger partial charge is 0.244 e. The van der Waals surface area contributed by atoms with Crippen LogP contribution in [0.15, 0.2) is 67.4 Å². The number of hydrogen-bond acceptors (Lipinski definition) is 8. The highest BCUT2D eigenvalue weighted by molar-refractivity contribution is 5.84. The monoisotopic (exact) mass is 536 g/mol. The van der Waals surface area contributed by atoms with Crippen LogP contribution in [-0.2, 0) is 11.8 Å². The van der Waals surface area contributed by atoms with Crippen LogP contribution in [0.2, 0.25) is 0 Å². The number of piperazine rings is 1. The fourth-order valence-corrected chi connectivity index (χ4v) is 4.92. The van der Waals surface area contributed by atoms with Gasteiger partial charge >= 0.3 is 0 Å². The van der Waals surface area contributed by atoms with Gasteiger partial charge in [0.15, 0.2) is 0 Å². The normalized spacial score (nSPS) is 14.3. The van der Waals surface area contributed by atoms with Gasteiger partial charge in [-0.25, -0.2) is 18.9 Å². The fourth-order valence-electron chi connectivity index (χ4n) is 4.92. The van der Waals surface area contributed by atoms with Crippen LogP contribution in [0.5, 0.6) is 0 Å². The first-order chi connectivity index (χ1) is 19.4. The van der Waals surface area contributed by atoms with Crippen molar-refractivity contribution in [2.24, 2.45) is 12.8 Å². The first-order valence-corrected chi connectivity index (χ1v) is 12.7. The van der Waals surface area contributed by atoms with Gasteiger partial charge in [-0.15, -0.1) is 0 Å². The molecule has 40 heavy (non-hydrogen) atoms. The number of aryl methyl sites for hydroxylation is 1. The number of pyridine rings is 1. The quantitative estimate of drug-likeness (QED) is 0.362. The maximum Gasteiger partial charge on any atom is 0.244 e. The van der Waals surface area contributed by atoms with Crippen LogP contribution >= 0.6 is 0 Å². The molecule has 5 aromatic rings. The first-order valence-electron chi connectivity index (χ1n) is 12.7. The summed E-state index contributed by atoms with van der Waals surface area (Å²) in [5, 5.41) is 18.2. The predicted octanol–water partition coefficient (Wildman–Crippen LogP) is 2.55. The Bertz CT molecular complexity index is 1750. The number of nitrogens with two attached hydrogens (primary N) is 1. The maximum atomic E-state index is 14.1. The average molecular weight is 537 g/mol. The number of benzene rings is 1. The molecule has 2 N–H and O–H groups in total. The van der Waals surface area contributed by atoms with Crippen LogP contribution in [0.25, 0.3) is 28.0 Å². The molecule has 1 aliphatic rings. The Hall–Kier alpha value is -5.15. The zero-order valence-corrected chi connectivity index (χ0v) is 21.6. The molecule has 1 unspecified atom stereocenters. The molecule has 12 heteroatoms. The lowest BCUT2D eigenvalue weighted by Gasteiger charge is -2.36. The number of anilines is 1. The van der Waals surface area contributed by atoms with Gasteiger partial charge in [-0.05, 0) is 18.2 Å². The lowest BCUT2D eigenvalue weighted by atomic mass is 10.1. The number of amides is 1. The van der Waals surface area contributed by atoms with E-state index in [4.69, 9.17) is 10.7 Å². The molecule has 4 aromatic heterocycles. The van der Waals surface area contributed by atoms with E-state index in [-0.39, 0.29) is 11.5 Å². The molecule has 1 saturated heterocycles. The Morgan fingerprint density at radius 2 is 1.82 bits per heavy atom. The number of hydrogen-bond donors (Lipinski definition) is 1. The molecule has 1 fully saturated rings. The fraction of sp³-hybridized carbons (Fsp3) is 0.214. The molecule has 1 aromatic carbocycles. The summed E-state index contributed by atoms with van der Waals surface area (Å²) in [5.74, 6) is -0.0321. The van der Waals surface area contributed by atoms with E-state index in [2.05, 4.69) is 26.2 Å². The molecular formula is C28H25FN10O. The van der Waals surface area contributed by atoms with Crippen molar-refractivity contribution in [1.82, 2.24) is 34.3 Å². The van der Waals surface area contributed by atoms with E-state index in [1.54, 1.807) is 44.8 Å². The van der Waals surface area contributed by atoms with Gasteiger partial charge in [-0.1, -0.05) is 18.2 Å². The number of nitriles is 1. The molecular weight excluding hydrogens is 511 g/mol. The number of carbonyl (C=O) groups excluding carboxylic acids is 1. The third-order valence-corrected chi connectivity index (χ3v) is 7.06. The number of aromatic nitrogens is 6. The number of rotatable bonds is 5. The minimum absolute atomic E-state index is 0.195. The van der Waals surface area contributed by atoms with Crippen molar-refractivity contribution >= 4 is 17.2 Å². The van der Waals surface area contributed by atoms with Crippen LogP contribution in [0, 0.1) is 17.1 Å². The highest BCUT2D eigenvalue weighted by atomic mass is 19.1. The second-order valence-corrected chi connectivity index (χ2v) is 9.56. The van der Waals surface area contributed by atoms with Gasteiger partial charge in [-0.2, -0.15) is 15.5 Å². The van der Waals surface area contributed by atoms with E-state index in [1.165, 1.54) is 18.3 Å². The van der Waals surface area contributed by atoms with E-state index < -0.39 is 11.9 Å². The summed E-state index contributed by atoms with van der Waals surface area (Å²) in [6.07, 6.45) is 8.61. The second kappa shape index (κ2) is 10.2. The van der Waals surface area contributed by atoms with E-state index in [0.717, 1.165) is 16.9 Å². The van der Waals surface area contributed by atoms with Crippen molar-refractivity contribution in [3.63, 3.8) is 0 Å². The standard InChI is InChI=1S/C28H25FN10O/c1-36-16-20(15-33-36)23-17-39-27(19(12-30)14-34-39)26(35-23)18-6-7-24(32-13-18)37-8-10-38(11-9-37)28(40)25(31)21-4-2-3-5-22(21)29/h2-7,13-17,25H,8-11,31H2,1H3. The van der Waals surface area contributed by atoms with Crippen molar-refractivity contribution in [1.29, 1.82) is 5.26 Å². The summed E-state index contributed by atoms with van der Waals surface area (Å²) in [7, 11) is 1.83. The van der Waals surface area contributed by atoms with Crippen molar-refractivity contribution < 1.29 is 9.18 Å². The summed E-state index contributed by atoms with van der Waals surface area (Å²) in [6, 6.07) is 11.0. The minimum Gasteiger partial charge on any atom is -0.353 e. The molecule has 11 nitrogen and oxygen atoms in total. The summed E-state index contributed by atoms with van der Waals surface area (Å²) < 4.78 is 17.5. The highest BCUT2D eigenvalue weighted by Crippen LogP contribution is 2.29.